The molecule has 1 N–H and O–H groups in total. The number of thiazole rings is 1. The summed E-state index contributed by atoms with van der Waals surface area (Å²) < 4.78 is 42.3. The Hall–Kier alpha value is -3.38. The van der Waals surface area contributed by atoms with Gasteiger partial charge in [0.15, 0.2) is 0 Å². The van der Waals surface area contributed by atoms with Gasteiger partial charge in [-0.1, -0.05) is 67.3 Å². The van der Waals surface area contributed by atoms with Crippen molar-refractivity contribution in [3.63, 3.8) is 0 Å². The fraction of sp³-hybridized carbons (Fsp3) is 0.280. The first kappa shape index (κ1) is 25.3. The third-order valence-electron chi connectivity index (χ3n) is 6.51. The van der Waals surface area contributed by atoms with Crippen LogP contribution in [0.4, 0.5) is 24.5 Å². The number of nitrogens with one attached hydrogen (secondary N) is 1. The Morgan fingerprint density at radius 2 is 1.65 bits per heavy atom. The third kappa shape index (κ3) is 4.17. The van der Waals surface area contributed by atoms with Crippen LogP contribution >= 0.6 is 23.1 Å². The second-order valence-corrected chi connectivity index (χ2v) is 11.4. The second-order valence-electron chi connectivity index (χ2n) is 9.27. The van der Waals surface area contributed by atoms with E-state index in [4.69, 9.17) is 0 Å². The van der Waals surface area contributed by atoms with Crippen LogP contribution in [0, 0.1) is 5.92 Å². The second kappa shape index (κ2) is 8.88. The first-order valence-corrected chi connectivity index (χ1v) is 12.9. The highest BCUT2D eigenvalue weighted by atomic mass is 32.2. The number of fused-ring (bicyclic) bond motifs is 2. The van der Waals surface area contributed by atoms with Crippen LogP contribution in [0.5, 0.6) is 0 Å². The highest BCUT2D eigenvalue weighted by molar-refractivity contribution is 8.00. The number of carbonyl (C=O) groups is 3. The van der Waals surface area contributed by atoms with E-state index in [9.17, 15) is 32.3 Å². The number of halogens is 3. The number of para-hydroxylation sites is 2. The molecule has 2 aliphatic rings. The molecule has 3 aromatic rings. The number of amides is 3. The summed E-state index contributed by atoms with van der Waals surface area (Å²) in [6.07, 6.45) is -4.77. The van der Waals surface area contributed by atoms with Crippen LogP contribution in [-0.4, -0.2) is 27.5 Å². The molecule has 0 aliphatic carbocycles. The van der Waals surface area contributed by atoms with Crippen molar-refractivity contribution in [3.05, 3.63) is 74.7 Å². The number of hydrogen-bond acceptors (Lipinski definition) is 6. The van der Waals surface area contributed by atoms with Gasteiger partial charge in [-0.25, -0.2) is 4.90 Å². The summed E-state index contributed by atoms with van der Waals surface area (Å²) in [7, 11) is 0. The molecule has 0 saturated carbocycles. The molecule has 1 fully saturated rings. The van der Waals surface area contributed by atoms with E-state index in [0.717, 1.165) is 35.2 Å². The zero-order chi connectivity index (χ0) is 26.7. The predicted molar refractivity (Wildman–Crippen MR) is 134 cm³/mol. The van der Waals surface area contributed by atoms with Crippen molar-refractivity contribution < 1.29 is 27.6 Å². The van der Waals surface area contributed by atoms with E-state index in [-0.39, 0.29) is 6.54 Å². The summed E-state index contributed by atoms with van der Waals surface area (Å²) in [4.78, 5) is 53.3. The number of imide groups is 1. The normalized spacial score (nSPS) is 20.5. The van der Waals surface area contributed by atoms with E-state index in [2.05, 4.69) is 5.32 Å². The van der Waals surface area contributed by atoms with Crippen LogP contribution in [0.1, 0.15) is 24.3 Å². The molecule has 37 heavy (non-hydrogen) atoms. The molecule has 2 aliphatic heterocycles. The third-order valence-corrected chi connectivity index (χ3v) is 9.34. The maximum Gasteiger partial charge on any atom is 0.418 e. The number of anilines is 2. The van der Waals surface area contributed by atoms with Crippen molar-refractivity contribution in [2.24, 2.45) is 5.92 Å². The van der Waals surface area contributed by atoms with Crippen molar-refractivity contribution >= 4 is 52.2 Å². The molecule has 0 bridgehead atoms. The van der Waals surface area contributed by atoms with Gasteiger partial charge in [0.25, 0.3) is 0 Å². The van der Waals surface area contributed by atoms with E-state index in [1.54, 1.807) is 44.2 Å². The van der Waals surface area contributed by atoms with Crippen LogP contribution in [0.2, 0.25) is 0 Å². The Bertz CT molecular complexity index is 1480. The molecule has 0 spiro atoms. The van der Waals surface area contributed by atoms with E-state index in [1.165, 1.54) is 16.7 Å². The largest absolute Gasteiger partial charge is 0.418 e. The van der Waals surface area contributed by atoms with Crippen molar-refractivity contribution in [3.8, 4) is 0 Å². The Morgan fingerprint density at radius 3 is 2.32 bits per heavy atom. The Kier molecular flexibility index (Phi) is 6.06. The lowest BCUT2D eigenvalue weighted by Crippen LogP contribution is -2.42. The smallest absolute Gasteiger partial charge is 0.325 e. The summed E-state index contributed by atoms with van der Waals surface area (Å²) in [5.41, 5.74) is -2.08. The Balaban J connectivity index is 1.51. The fourth-order valence-corrected chi connectivity index (χ4v) is 7.82. The van der Waals surface area contributed by atoms with E-state index >= 15 is 0 Å². The van der Waals surface area contributed by atoms with Gasteiger partial charge in [-0.15, -0.1) is 0 Å². The molecular weight excluding hydrogens is 527 g/mol. The van der Waals surface area contributed by atoms with E-state index in [1.807, 2.05) is 0 Å². The summed E-state index contributed by atoms with van der Waals surface area (Å²) in [6.45, 7) is 3.07. The van der Waals surface area contributed by atoms with Crippen LogP contribution in [0.15, 0.2) is 64.4 Å². The Morgan fingerprint density at radius 1 is 1.00 bits per heavy atom. The molecule has 2 aromatic carbocycles. The number of hydrogen-bond donors (Lipinski definition) is 1. The molecule has 3 amide bonds. The van der Waals surface area contributed by atoms with E-state index < -0.39 is 56.6 Å². The highest BCUT2D eigenvalue weighted by Gasteiger charge is 2.60. The van der Waals surface area contributed by atoms with Crippen molar-refractivity contribution in [2.45, 2.75) is 42.3 Å². The summed E-state index contributed by atoms with van der Waals surface area (Å²) in [5.74, 6) is -2.97. The average molecular weight is 548 g/mol. The molecular formula is C25H20F3N3O4S2. The maximum absolute atomic E-state index is 13.7. The monoisotopic (exact) mass is 547 g/mol. The molecule has 0 unspecified atom stereocenters. The molecule has 2 atom stereocenters. The fourth-order valence-electron chi connectivity index (χ4n) is 4.78. The molecule has 7 nitrogen and oxygen atoms in total. The van der Waals surface area contributed by atoms with Crippen LogP contribution in [-0.2, 0) is 32.5 Å². The standard InChI is InChI=1S/C25H20F3N3O4S2/c1-24(2)17-18(21(34)31(20(17)33)15-11-7-6-10-14(15)25(26,27)28)36-22-19(24)37-23(35)30(22)12-16(32)29-13-8-4-3-5-9-13/h3-11,17-18H,12H2,1-2H3,(H,29,32)/t17-,18+/m1/s1. The van der Waals surface area contributed by atoms with Gasteiger partial charge in [0.2, 0.25) is 17.7 Å². The number of thioether (sulfide) groups is 1. The zero-order valence-electron chi connectivity index (χ0n) is 19.5. The molecule has 3 heterocycles. The summed E-state index contributed by atoms with van der Waals surface area (Å²) in [6, 6.07) is 13.1. The van der Waals surface area contributed by atoms with Crippen LogP contribution < -0.4 is 15.1 Å². The minimum atomic E-state index is -4.77. The van der Waals surface area contributed by atoms with Gasteiger partial charge in [-0.2, -0.15) is 13.2 Å². The topological polar surface area (TPSA) is 88.5 Å². The van der Waals surface area contributed by atoms with Gasteiger partial charge in [0.05, 0.1) is 22.2 Å². The van der Waals surface area contributed by atoms with Gasteiger partial charge in [-0.3, -0.25) is 23.7 Å². The first-order valence-electron chi connectivity index (χ1n) is 11.2. The molecule has 12 heteroatoms. The number of aromatic nitrogens is 1. The number of carbonyl (C=O) groups excluding carboxylic acids is 3. The Labute approximate surface area is 217 Å². The lowest BCUT2D eigenvalue weighted by atomic mass is 9.76. The predicted octanol–water partition coefficient (Wildman–Crippen LogP) is 4.51. The van der Waals surface area contributed by atoms with Crippen molar-refractivity contribution in [2.75, 3.05) is 10.2 Å². The highest BCUT2D eigenvalue weighted by Crippen LogP contribution is 2.55. The SMILES string of the molecule is CC1(C)c2sc(=O)n(CC(=O)Nc3ccccc3)c2S[C@@H]2C(=O)N(c3ccccc3C(F)(F)F)C(=O)[C@@H]21. The minimum absolute atomic E-state index is 0.317. The van der Waals surface area contributed by atoms with Crippen LogP contribution in [0.25, 0.3) is 0 Å². The molecule has 192 valence electrons. The van der Waals surface area contributed by atoms with Crippen molar-refractivity contribution in [1.82, 2.24) is 4.57 Å². The van der Waals surface area contributed by atoms with Gasteiger partial charge in [0.1, 0.15) is 11.8 Å². The van der Waals surface area contributed by atoms with Gasteiger partial charge in [0, 0.05) is 16.0 Å². The molecule has 5 rings (SSSR count). The van der Waals surface area contributed by atoms with Crippen LogP contribution in [0.3, 0.4) is 0 Å². The average Bonchev–Trinajstić information content (AvgIpc) is 3.28. The molecule has 0 radical (unpaired) electrons. The van der Waals surface area contributed by atoms with Crippen molar-refractivity contribution in [1.29, 1.82) is 0 Å². The van der Waals surface area contributed by atoms with Gasteiger partial charge >= 0.3 is 11.0 Å². The molecule has 1 aromatic heterocycles. The number of benzene rings is 2. The number of rotatable bonds is 4. The minimum Gasteiger partial charge on any atom is -0.325 e. The molecule has 1 saturated heterocycles. The maximum atomic E-state index is 13.7. The lowest BCUT2D eigenvalue weighted by Gasteiger charge is -2.36. The summed E-state index contributed by atoms with van der Waals surface area (Å²) >= 11 is 1.82. The number of alkyl halides is 3. The van der Waals surface area contributed by atoms with E-state index in [0.29, 0.717) is 20.5 Å². The lowest BCUT2D eigenvalue weighted by molar-refractivity contribution is -0.137. The first-order chi connectivity index (χ1) is 17.4. The van der Waals surface area contributed by atoms with Gasteiger partial charge in [-0.05, 0) is 24.3 Å². The number of nitrogens with zero attached hydrogens (tertiary/aromatic N) is 2. The zero-order valence-corrected chi connectivity index (χ0v) is 21.2. The summed E-state index contributed by atoms with van der Waals surface area (Å²) in [5, 5.41) is 2.03. The quantitative estimate of drug-likeness (QED) is 0.486. The van der Waals surface area contributed by atoms with Gasteiger partial charge < -0.3 is 5.32 Å².